The third-order valence-electron chi connectivity index (χ3n) is 2.65. The highest BCUT2D eigenvalue weighted by Crippen LogP contribution is 2.32. The fraction of sp³-hybridized carbons (Fsp3) is 0.400. The highest BCUT2D eigenvalue weighted by Gasteiger charge is 2.28. The van der Waals surface area contributed by atoms with Crippen molar-refractivity contribution in [3.05, 3.63) is 23.8 Å². The molecule has 0 saturated carbocycles. The van der Waals surface area contributed by atoms with Gasteiger partial charge in [-0.25, -0.2) is 8.42 Å². The molecule has 5 heteroatoms. The Morgan fingerprint density at radius 1 is 1.47 bits per heavy atom. The zero-order valence-corrected chi connectivity index (χ0v) is 9.25. The van der Waals surface area contributed by atoms with E-state index in [2.05, 4.69) is 0 Å². The first-order valence-corrected chi connectivity index (χ1v) is 6.36. The van der Waals surface area contributed by atoms with E-state index in [1.807, 2.05) is 0 Å². The smallest absolute Gasteiger partial charge is 0.178 e. The molecular formula is C10H13NO3S. The minimum absolute atomic E-state index is 0.132. The number of sulfone groups is 1. The first-order chi connectivity index (χ1) is 7.04. The van der Waals surface area contributed by atoms with Gasteiger partial charge in [-0.1, -0.05) is 0 Å². The second kappa shape index (κ2) is 3.50. The zero-order chi connectivity index (χ0) is 11.1. The molecule has 0 saturated heterocycles. The molecule has 2 N–H and O–H groups in total. The summed E-state index contributed by atoms with van der Waals surface area (Å²) in [7, 11) is -1.59. The molecule has 2 rings (SSSR count). The van der Waals surface area contributed by atoms with Gasteiger partial charge in [-0.05, 0) is 30.2 Å². The maximum absolute atomic E-state index is 11.7. The van der Waals surface area contributed by atoms with E-state index in [4.69, 9.17) is 10.5 Å². The highest BCUT2D eigenvalue weighted by atomic mass is 32.2. The molecule has 1 aliphatic heterocycles. The van der Waals surface area contributed by atoms with Gasteiger partial charge < -0.3 is 10.5 Å². The number of hydrogen-bond donors (Lipinski definition) is 1. The fourth-order valence-corrected chi connectivity index (χ4v) is 3.40. The Hall–Kier alpha value is -1.07. The molecule has 0 amide bonds. The molecule has 1 aromatic carbocycles. The van der Waals surface area contributed by atoms with E-state index in [1.165, 1.54) is 0 Å². The summed E-state index contributed by atoms with van der Waals surface area (Å²) in [6, 6.07) is 4.71. The maximum atomic E-state index is 11.7. The number of hydrogen-bond acceptors (Lipinski definition) is 4. The Balaban J connectivity index is 2.62. The molecule has 1 aliphatic rings. The summed E-state index contributed by atoms with van der Waals surface area (Å²) in [5, 5.41) is 0. The van der Waals surface area contributed by atoms with Crippen molar-refractivity contribution in [1.29, 1.82) is 0 Å². The molecule has 0 spiro atoms. The Kier molecular flexibility index (Phi) is 2.44. The van der Waals surface area contributed by atoms with Gasteiger partial charge in [0.2, 0.25) is 0 Å². The maximum Gasteiger partial charge on any atom is 0.178 e. The van der Waals surface area contributed by atoms with Gasteiger partial charge in [-0.15, -0.1) is 0 Å². The summed E-state index contributed by atoms with van der Waals surface area (Å²) in [5.41, 5.74) is 6.54. The van der Waals surface area contributed by atoms with Crippen LogP contribution in [-0.2, 0) is 9.84 Å². The van der Waals surface area contributed by atoms with Gasteiger partial charge in [0.1, 0.15) is 5.75 Å². The molecule has 15 heavy (non-hydrogen) atoms. The third-order valence-corrected chi connectivity index (χ3v) is 4.46. The number of benzene rings is 1. The molecule has 0 radical (unpaired) electrons. The van der Waals surface area contributed by atoms with Crippen LogP contribution in [0.5, 0.6) is 5.75 Å². The Morgan fingerprint density at radius 2 is 2.20 bits per heavy atom. The van der Waals surface area contributed by atoms with E-state index in [0.717, 1.165) is 0 Å². The predicted octanol–water partition coefficient (Wildman–Crippen LogP) is 0.872. The van der Waals surface area contributed by atoms with Gasteiger partial charge in [0.25, 0.3) is 0 Å². The summed E-state index contributed by atoms with van der Waals surface area (Å²) in [5.74, 6) is 0.773. The van der Waals surface area contributed by atoms with Crippen LogP contribution in [0.15, 0.2) is 23.1 Å². The van der Waals surface area contributed by atoms with E-state index < -0.39 is 9.84 Å². The van der Waals surface area contributed by atoms with Gasteiger partial charge in [-0.2, -0.15) is 0 Å². The zero-order valence-electron chi connectivity index (χ0n) is 8.43. The number of rotatable bonds is 1. The molecule has 1 atom stereocenters. The van der Waals surface area contributed by atoms with Crippen LogP contribution >= 0.6 is 0 Å². The monoisotopic (exact) mass is 227 g/mol. The second-order valence-corrected chi connectivity index (χ2v) is 5.70. The molecule has 0 bridgehead atoms. The molecule has 0 fully saturated rings. The SMILES string of the molecule is COc1ccc2c(c1)C(N)CCS2(=O)=O. The molecule has 4 nitrogen and oxygen atoms in total. The van der Waals surface area contributed by atoms with Crippen LogP contribution in [0.25, 0.3) is 0 Å². The van der Waals surface area contributed by atoms with E-state index in [9.17, 15) is 8.42 Å². The first-order valence-electron chi connectivity index (χ1n) is 4.71. The van der Waals surface area contributed by atoms with Crippen molar-refractivity contribution in [3.8, 4) is 5.75 Å². The van der Waals surface area contributed by atoms with Crippen molar-refractivity contribution < 1.29 is 13.2 Å². The van der Waals surface area contributed by atoms with Crippen LogP contribution in [0.3, 0.4) is 0 Å². The van der Waals surface area contributed by atoms with Crippen molar-refractivity contribution in [2.45, 2.75) is 17.4 Å². The van der Waals surface area contributed by atoms with Crippen LogP contribution < -0.4 is 10.5 Å². The summed E-state index contributed by atoms with van der Waals surface area (Å²) in [4.78, 5) is 0.349. The molecular weight excluding hydrogens is 214 g/mol. The molecule has 82 valence electrons. The van der Waals surface area contributed by atoms with Crippen LogP contribution in [0, 0.1) is 0 Å². The van der Waals surface area contributed by atoms with E-state index >= 15 is 0 Å². The van der Waals surface area contributed by atoms with E-state index in [0.29, 0.717) is 22.6 Å². The topological polar surface area (TPSA) is 69.4 Å². The minimum atomic E-state index is -3.14. The van der Waals surface area contributed by atoms with Gasteiger partial charge in [0, 0.05) is 6.04 Å². The fourth-order valence-electron chi connectivity index (χ4n) is 1.77. The summed E-state index contributed by atoms with van der Waals surface area (Å²) < 4.78 is 28.5. The lowest BCUT2D eigenvalue weighted by Crippen LogP contribution is -2.24. The normalized spacial score (nSPS) is 23.2. The largest absolute Gasteiger partial charge is 0.497 e. The number of ether oxygens (including phenoxy) is 1. The van der Waals surface area contributed by atoms with Crippen LogP contribution in [0.4, 0.5) is 0 Å². The number of methoxy groups -OCH3 is 1. The average molecular weight is 227 g/mol. The van der Waals surface area contributed by atoms with Crippen molar-refractivity contribution in [2.75, 3.05) is 12.9 Å². The van der Waals surface area contributed by atoms with Crippen molar-refractivity contribution >= 4 is 9.84 Å². The Labute approximate surface area is 89.0 Å². The van der Waals surface area contributed by atoms with E-state index in [-0.39, 0.29) is 11.8 Å². The van der Waals surface area contributed by atoms with Crippen LogP contribution in [-0.4, -0.2) is 21.3 Å². The summed E-state index contributed by atoms with van der Waals surface area (Å²) in [6.07, 6.45) is 0.475. The van der Waals surface area contributed by atoms with Crippen molar-refractivity contribution in [2.24, 2.45) is 5.73 Å². The lowest BCUT2D eigenvalue weighted by Gasteiger charge is -2.22. The van der Waals surface area contributed by atoms with Gasteiger partial charge in [0.15, 0.2) is 9.84 Å². The summed E-state index contributed by atoms with van der Waals surface area (Å²) >= 11 is 0. The van der Waals surface area contributed by atoms with Crippen LogP contribution in [0.2, 0.25) is 0 Å². The quantitative estimate of drug-likeness (QED) is 0.773. The lowest BCUT2D eigenvalue weighted by atomic mass is 10.0. The van der Waals surface area contributed by atoms with Crippen LogP contribution in [0.1, 0.15) is 18.0 Å². The molecule has 0 aromatic heterocycles. The third kappa shape index (κ3) is 1.72. The standard InChI is InChI=1S/C10H13NO3S/c1-14-7-2-3-10-8(6-7)9(11)4-5-15(10,12)13/h2-3,6,9H,4-5,11H2,1H3. The van der Waals surface area contributed by atoms with Crippen molar-refractivity contribution in [1.82, 2.24) is 0 Å². The second-order valence-electron chi connectivity index (χ2n) is 3.62. The Bertz CT molecular complexity index is 481. The molecule has 0 aliphatic carbocycles. The predicted molar refractivity (Wildman–Crippen MR) is 56.6 cm³/mol. The highest BCUT2D eigenvalue weighted by molar-refractivity contribution is 7.91. The van der Waals surface area contributed by atoms with E-state index in [1.54, 1.807) is 25.3 Å². The lowest BCUT2D eigenvalue weighted by molar-refractivity contribution is 0.413. The van der Waals surface area contributed by atoms with Gasteiger partial charge in [0.05, 0.1) is 17.8 Å². The first kappa shape index (κ1) is 10.4. The number of fused-ring (bicyclic) bond motifs is 1. The minimum Gasteiger partial charge on any atom is -0.497 e. The van der Waals surface area contributed by atoms with Gasteiger partial charge >= 0.3 is 0 Å². The summed E-state index contributed by atoms with van der Waals surface area (Å²) in [6.45, 7) is 0. The molecule has 1 heterocycles. The Morgan fingerprint density at radius 3 is 2.87 bits per heavy atom. The van der Waals surface area contributed by atoms with Gasteiger partial charge in [-0.3, -0.25) is 0 Å². The molecule has 1 aromatic rings. The number of nitrogens with two attached hydrogens (primary N) is 1. The molecule has 1 unspecified atom stereocenters. The average Bonchev–Trinajstić information content (AvgIpc) is 2.23. The van der Waals surface area contributed by atoms with Crippen molar-refractivity contribution in [3.63, 3.8) is 0 Å².